The molecule has 0 aliphatic rings. The number of halogens is 1. The van der Waals surface area contributed by atoms with Gasteiger partial charge >= 0.3 is 0 Å². The molecular formula is C31H38ClN3O4S. The van der Waals surface area contributed by atoms with E-state index in [2.05, 4.69) is 5.32 Å². The van der Waals surface area contributed by atoms with Crippen LogP contribution in [0.5, 0.6) is 0 Å². The van der Waals surface area contributed by atoms with E-state index in [-0.39, 0.29) is 23.4 Å². The molecule has 3 aromatic rings. The number of hydrogen-bond donors (Lipinski definition) is 1. The Morgan fingerprint density at radius 3 is 2.08 bits per heavy atom. The predicted octanol–water partition coefficient (Wildman–Crippen LogP) is 5.79. The number of carbonyl (C=O) groups excluding carboxylic acids is 2. The molecule has 0 aromatic heterocycles. The molecule has 0 heterocycles. The van der Waals surface area contributed by atoms with Crippen LogP contribution >= 0.6 is 11.6 Å². The Bertz CT molecular complexity index is 1440. The van der Waals surface area contributed by atoms with Crippen LogP contribution in [-0.4, -0.2) is 43.8 Å². The normalized spacial score (nSPS) is 12.9. The van der Waals surface area contributed by atoms with E-state index in [0.717, 1.165) is 27.4 Å². The molecule has 2 amide bonds. The first-order chi connectivity index (χ1) is 18.8. The number of nitrogens with zero attached hydrogens (tertiary/aromatic N) is 2. The van der Waals surface area contributed by atoms with Crippen molar-refractivity contribution < 1.29 is 18.0 Å². The number of sulfonamides is 1. The van der Waals surface area contributed by atoms with Crippen LogP contribution in [0.25, 0.3) is 0 Å². The average molecular weight is 584 g/mol. The zero-order valence-electron chi connectivity index (χ0n) is 23.9. The standard InChI is InChI=1S/C31H38ClN3O4S/c1-7-24(5)33-31(37)25(6)34(19-26-10-8-9-11-29(26)32)30(36)20-35(27-17-22(3)16-23(4)18-27)40(38,39)28-14-12-21(2)13-15-28/h8-18,24-25H,7,19-20H2,1-6H3,(H,33,37)/t24-,25-/m1/s1. The van der Waals surface area contributed by atoms with E-state index >= 15 is 0 Å². The Morgan fingerprint density at radius 1 is 0.900 bits per heavy atom. The maximum Gasteiger partial charge on any atom is 0.264 e. The van der Waals surface area contributed by atoms with Gasteiger partial charge in [0.15, 0.2) is 0 Å². The number of aryl methyl sites for hydroxylation is 3. The monoisotopic (exact) mass is 583 g/mol. The Labute approximate surface area is 243 Å². The van der Waals surface area contributed by atoms with Crippen molar-refractivity contribution >= 4 is 39.1 Å². The third-order valence-corrected chi connectivity index (χ3v) is 9.01. The van der Waals surface area contributed by atoms with Crippen LogP contribution in [0, 0.1) is 20.8 Å². The van der Waals surface area contributed by atoms with E-state index in [4.69, 9.17) is 11.6 Å². The molecule has 3 rings (SSSR count). The molecule has 0 aliphatic heterocycles. The summed E-state index contributed by atoms with van der Waals surface area (Å²) < 4.78 is 29.1. The van der Waals surface area contributed by atoms with E-state index in [0.29, 0.717) is 16.3 Å². The summed E-state index contributed by atoms with van der Waals surface area (Å²) in [4.78, 5) is 28.7. The summed E-state index contributed by atoms with van der Waals surface area (Å²) in [5.74, 6) is -0.851. The molecule has 0 saturated heterocycles. The molecule has 0 bridgehead atoms. The SMILES string of the molecule is CC[C@@H](C)NC(=O)[C@@H](C)N(Cc1ccccc1Cl)C(=O)CN(c1cc(C)cc(C)c1)S(=O)(=O)c1ccc(C)cc1. The Balaban J connectivity index is 2.07. The van der Waals surface area contributed by atoms with Crippen LogP contribution in [0.3, 0.4) is 0 Å². The molecule has 214 valence electrons. The first-order valence-electron chi connectivity index (χ1n) is 13.3. The third-order valence-electron chi connectivity index (χ3n) is 6.85. The van der Waals surface area contributed by atoms with Crippen molar-refractivity contribution in [2.75, 3.05) is 10.8 Å². The summed E-state index contributed by atoms with van der Waals surface area (Å²) in [6.45, 7) is 10.7. The highest BCUT2D eigenvalue weighted by molar-refractivity contribution is 7.92. The van der Waals surface area contributed by atoms with Gasteiger partial charge in [-0.2, -0.15) is 0 Å². The number of anilines is 1. The fourth-order valence-electron chi connectivity index (χ4n) is 4.32. The lowest BCUT2D eigenvalue weighted by Crippen LogP contribution is -2.52. The molecule has 3 aromatic carbocycles. The van der Waals surface area contributed by atoms with E-state index in [9.17, 15) is 18.0 Å². The summed E-state index contributed by atoms with van der Waals surface area (Å²) in [5, 5.41) is 3.38. The summed E-state index contributed by atoms with van der Waals surface area (Å²) in [6.07, 6.45) is 0.728. The Morgan fingerprint density at radius 2 is 1.50 bits per heavy atom. The van der Waals surface area contributed by atoms with Crippen molar-refractivity contribution in [3.8, 4) is 0 Å². The second kappa shape index (κ2) is 13.3. The van der Waals surface area contributed by atoms with Gasteiger partial charge in [-0.3, -0.25) is 13.9 Å². The molecule has 1 N–H and O–H groups in total. The summed E-state index contributed by atoms with van der Waals surface area (Å²) in [5.41, 5.74) is 3.67. The minimum absolute atomic E-state index is 0.0405. The molecular weight excluding hydrogens is 546 g/mol. The smallest absolute Gasteiger partial charge is 0.264 e. The topological polar surface area (TPSA) is 86.8 Å². The van der Waals surface area contributed by atoms with Crippen LogP contribution in [0.4, 0.5) is 5.69 Å². The number of carbonyl (C=O) groups is 2. The van der Waals surface area contributed by atoms with Gasteiger partial charge in [0.25, 0.3) is 10.0 Å². The molecule has 40 heavy (non-hydrogen) atoms. The zero-order chi connectivity index (χ0) is 29.6. The highest BCUT2D eigenvalue weighted by atomic mass is 35.5. The largest absolute Gasteiger partial charge is 0.352 e. The molecule has 7 nitrogen and oxygen atoms in total. The van der Waals surface area contributed by atoms with Crippen LogP contribution < -0.4 is 9.62 Å². The van der Waals surface area contributed by atoms with Crippen molar-refractivity contribution in [3.05, 3.63) is 94.0 Å². The minimum atomic E-state index is -4.12. The molecule has 0 saturated carbocycles. The van der Waals surface area contributed by atoms with Gasteiger partial charge in [-0.1, -0.05) is 60.5 Å². The third kappa shape index (κ3) is 7.64. The van der Waals surface area contributed by atoms with Gasteiger partial charge in [-0.15, -0.1) is 0 Å². The molecule has 0 spiro atoms. The van der Waals surface area contributed by atoms with Crippen molar-refractivity contribution in [2.24, 2.45) is 0 Å². The first kappa shape index (κ1) is 31.2. The average Bonchev–Trinajstić information content (AvgIpc) is 2.90. The lowest BCUT2D eigenvalue weighted by Gasteiger charge is -2.32. The predicted molar refractivity (Wildman–Crippen MR) is 161 cm³/mol. The highest BCUT2D eigenvalue weighted by Crippen LogP contribution is 2.27. The lowest BCUT2D eigenvalue weighted by atomic mass is 10.1. The second-order valence-corrected chi connectivity index (χ2v) is 12.5. The van der Waals surface area contributed by atoms with Gasteiger partial charge in [0.1, 0.15) is 12.6 Å². The van der Waals surface area contributed by atoms with E-state index in [1.165, 1.54) is 17.0 Å². The first-order valence-corrected chi connectivity index (χ1v) is 15.2. The molecule has 9 heteroatoms. The van der Waals surface area contributed by atoms with E-state index in [1.54, 1.807) is 55.5 Å². The molecule has 0 aliphatic carbocycles. The van der Waals surface area contributed by atoms with Gasteiger partial charge < -0.3 is 10.2 Å². The van der Waals surface area contributed by atoms with E-state index in [1.807, 2.05) is 40.7 Å². The number of nitrogens with one attached hydrogen (secondary N) is 1. The van der Waals surface area contributed by atoms with Crippen LogP contribution in [0.15, 0.2) is 71.6 Å². The van der Waals surface area contributed by atoms with Gasteiger partial charge in [0.2, 0.25) is 11.8 Å². The second-order valence-electron chi connectivity index (χ2n) is 10.3. The quantitative estimate of drug-likeness (QED) is 0.309. The molecule has 0 fully saturated rings. The Kier molecular flexibility index (Phi) is 10.4. The number of rotatable bonds is 11. The molecule has 0 radical (unpaired) electrons. The van der Waals surface area contributed by atoms with Crippen LogP contribution in [0.2, 0.25) is 5.02 Å². The van der Waals surface area contributed by atoms with Gasteiger partial charge in [0.05, 0.1) is 10.6 Å². The summed E-state index contributed by atoms with van der Waals surface area (Å²) >= 11 is 6.42. The van der Waals surface area contributed by atoms with Crippen LogP contribution in [0.1, 0.15) is 49.4 Å². The van der Waals surface area contributed by atoms with Crippen LogP contribution in [-0.2, 0) is 26.2 Å². The maximum absolute atomic E-state index is 14.0. The summed E-state index contributed by atoms with van der Waals surface area (Å²) in [7, 11) is -4.12. The number of amides is 2. The number of benzene rings is 3. The van der Waals surface area contributed by atoms with Crippen molar-refractivity contribution in [1.29, 1.82) is 0 Å². The van der Waals surface area contributed by atoms with Crippen molar-refractivity contribution in [2.45, 2.75) is 71.5 Å². The van der Waals surface area contributed by atoms with Crippen molar-refractivity contribution in [1.82, 2.24) is 10.2 Å². The molecule has 2 atom stereocenters. The highest BCUT2D eigenvalue weighted by Gasteiger charge is 2.33. The van der Waals surface area contributed by atoms with Crippen molar-refractivity contribution in [3.63, 3.8) is 0 Å². The minimum Gasteiger partial charge on any atom is -0.352 e. The van der Waals surface area contributed by atoms with Gasteiger partial charge in [0, 0.05) is 17.6 Å². The summed E-state index contributed by atoms with van der Waals surface area (Å²) in [6, 6.07) is 18.1. The van der Waals surface area contributed by atoms with Gasteiger partial charge in [-0.25, -0.2) is 8.42 Å². The van der Waals surface area contributed by atoms with E-state index < -0.39 is 28.5 Å². The number of hydrogen-bond acceptors (Lipinski definition) is 4. The maximum atomic E-state index is 14.0. The van der Waals surface area contributed by atoms with Gasteiger partial charge in [-0.05, 0) is 88.1 Å². The lowest BCUT2D eigenvalue weighted by molar-refractivity contribution is -0.139. The zero-order valence-corrected chi connectivity index (χ0v) is 25.5. The molecule has 0 unspecified atom stereocenters. The fourth-order valence-corrected chi connectivity index (χ4v) is 5.91. The fraction of sp³-hybridized carbons (Fsp3) is 0.355. The Hall–Kier alpha value is -3.36.